The molecule has 4 nitrogen and oxygen atoms in total. The van der Waals surface area contributed by atoms with Crippen LogP contribution in [0.25, 0.3) is 0 Å². The molecular formula is C11H12BrN3O. The van der Waals surface area contributed by atoms with Crippen molar-refractivity contribution in [2.24, 2.45) is 7.05 Å². The summed E-state index contributed by atoms with van der Waals surface area (Å²) in [6, 6.07) is 5.21. The number of rotatable bonds is 3. The van der Waals surface area contributed by atoms with E-state index in [-0.39, 0.29) is 5.75 Å². The Labute approximate surface area is 102 Å². The molecule has 0 fully saturated rings. The first-order chi connectivity index (χ1) is 7.65. The predicted molar refractivity (Wildman–Crippen MR) is 66.3 cm³/mol. The summed E-state index contributed by atoms with van der Waals surface area (Å²) in [7, 11) is 1.87. The van der Waals surface area contributed by atoms with E-state index < -0.39 is 0 Å². The van der Waals surface area contributed by atoms with Crippen LogP contribution in [0.3, 0.4) is 0 Å². The molecule has 1 aromatic heterocycles. The first-order valence-corrected chi connectivity index (χ1v) is 5.64. The van der Waals surface area contributed by atoms with Gasteiger partial charge in [-0.3, -0.25) is 4.68 Å². The first kappa shape index (κ1) is 11.0. The molecule has 0 amide bonds. The first-order valence-electron chi connectivity index (χ1n) is 4.85. The van der Waals surface area contributed by atoms with Crippen molar-refractivity contribution in [1.82, 2.24) is 9.78 Å². The minimum absolute atomic E-state index is 0.270. The average Bonchev–Trinajstić information content (AvgIpc) is 2.66. The van der Waals surface area contributed by atoms with Gasteiger partial charge in [-0.25, -0.2) is 0 Å². The van der Waals surface area contributed by atoms with Crippen LogP contribution in [0.4, 0.5) is 5.69 Å². The predicted octanol–water partition coefficient (Wildman–Crippen LogP) is 2.50. The van der Waals surface area contributed by atoms with E-state index in [4.69, 9.17) is 0 Å². The SMILES string of the molecule is Cn1cc(NCc2cc(O)ccc2Br)cn1. The Hall–Kier alpha value is -1.49. The Morgan fingerprint density at radius 2 is 2.31 bits per heavy atom. The van der Waals surface area contributed by atoms with Gasteiger partial charge in [0.25, 0.3) is 0 Å². The molecule has 0 bridgehead atoms. The minimum Gasteiger partial charge on any atom is -0.508 e. The highest BCUT2D eigenvalue weighted by molar-refractivity contribution is 9.10. The number of hydrogen-bond acceptors (Lipinski definition) is 3. The van der Waals surface area contributed by atoms with Crippen LogP contribution in [0, 0.1) is 0 Å². The van der Waals surface area contributed by atoms with Crippen molar-refractivity contribution < 1.29 is 5.11 Å². The summed E-state index contributed by atoms with van der Waals surface area (Å²) < 4.78 is 2.71. The van der Waals surface area contributed by atoms with Gasteiger partial charge in [0.05, 0.1) is 11.9 Å². The van der Waals surface area contributed by atoms with Crippen LogP contribution in [0.5, 0.6) is 5.75 Å². The molecule has 2 aromatic rings. The fraction of sp³-hybridized carbons (Fsp3) is 0.182. The van der Waals surface area contributed by atoms with Crippen molar-refractivity contribution in [3.63, 3.8) is 0 Å². The number of aryl methyl sites for hydroxylation is 1. The molecule has 1 heterocycles. The lowest BCUT2D eigenvalue weighted by Crippen LogP contribution is -1.99. The van der Waals surface area contributed by atoms with Gasteiger partial charge in [0.15, 0.2) is 0 Å². The number of phenolic OH excluding ortho intramolecular Hbond substituents is 1. The number of nitrogens with one attached hydrogen (secondary N) is 1. The third kappa shape index (κ3) is 2.55. The normalized spacial score (nSPS) is 10.4. The third-order valence-corrected chi connectivity index (χ3v) is 2.99. The number of aromatic nitrogens is 2. The van der Waals surface area contributed by atoms with Crippen molar-refractivity contribution in [2.75, 3.05) is 5.32 Å². The van der Waals surface area contributed by atoms with Crippen molar-refractivity contribution in [3.05, 3.63) is 40.6 Å². The second-order valence-electron chi connectivity index (χ2n) is 3.53. The fourth-order valence-corrected chi connectivity index (χ4v) is 1.79. The topological polar surface area (TPSA) is 50.1 Å². The zero-order valence-electron chi connectivity index (χ0n) is 8.81. The van der Waals surface area contributed by atoms with Crippen molar-refractivity contribution in [1.29, 1.82) is 0 Å². The summed E-state index contributed by atoms with van der Waals surface area (Å²) in [6.45, 7) is 0.640. The van der Waals surface area contributed by atoms with Crippen molar-refractivity contribution >= 4 is 21.6 Å². The maximum absolute atomic E-state index is 9.37. The number of anilines is 1. The minimum atomic E-state index is 0.270. The molecule has 0 unspecified atom stereocenters. The fourth-order valence-electron chi connectivity index (χ4n) is 1.41. The number of hydrogen-bond donors (Lipinski definition) is 2. The van der Waals surface area contributed by atoms with Crippen LogP contribution >= 0.6 is 15.9 Å². The van der Waals surface area contributed by atoms with Gasteiger partial charge in [-0.2, -0.15) is 5.10 Å². The lowest BCUT2D eigenvalue weighted by Gasteiger charge is -2.06. The third-order valence-electron chi connectivity index (χ3n) is 2.22. The van der Waals surface area contributed by atoms with Crippen LogP contribution in [0.15, 0.2) is 35.1 Å². The second-order valence-corrected chi connectivity index (χ2v) is 4.39. The molecule has 0 aliphatic heterocycles. The average molecular weight is 282 g/mol. The van der Waals surface area contributed by atoms with E-state index in [9.17, 15) is 5.11 Å². The Bertz CT molecular complexity index is 496. The van der Waals surface area contributed by atoms with E-state index in [1.807, 2.05) is 19.3 Å². The maximum Gasteiger partial charge on any atom is 0.115 e. The molecule has 0 aliphatic rings. The van der Waals surface area contributed by atoms with Gasteiger partial charge in [-0.05, 0) is 23.8 Å². The molecule has 0 aliphatic carbocycles. The summed E-state index contributed by atoms with van der Waals surface area (Å²) in [5.74, 6) is 0.270. The summed E-state index contributed by atoms with van der Waals surface area (Å²) in [5, 5.41) is 16.7. The maximum atomic E-state index is 9.37. The Morgan fingerprint density at radius 3 is 3.00 bits per heavy atom. The summed E-state index contributed by atoms with van der Waals surface area (Å²) >= 11 is 3.44. The highest BCUT2D eigenvalue weighted by Crippen LogP contribution is 2.22. The molecule has 84 valence electrons. The molecule has 16 heavy (non-hydrogen) atoms. The number of nitrogens with zero attached hydrogens (tertiary/aromatic N) is 2. The van der Waals surface area contributed by atoms with Crippen LogP contribution in [-0.2, 0) is 13.6 Å². The molecule has 2 N–H and O–H groups in total. The van der Waals surface area contributed by atoms with Crippen molar-refractivity contribution in [2.45, 2.75) is 6.54 Å². The van der Waals surface area contributed by atoms with Crippen molar-refractivity contribution in [3.8, 4) is 5.75 Å². The number of benzene rings is 1. The summed E-state index contributed by atoms with van der Waals surface area (Å²) in [6.07, 6.45) is 3.66. The van der Waals surface area contributed by atoms with E-state index in [1.54, 1.807) is 23.0 Å². The van der Waals surface area contributed by atoms with Gasteiger partial charge in [-0.15, -0.1) is 0 Å². The zero-order valence-corrected chi connectivity index (χ0v) is 10.4. The highest BCUT2D eigenvalue weighted by Gasteiger charge is 2.02. The monoisotopic (exact) mass is 281 g/mol. The molecule has 0 spiro atoms. The standard InChI is InChI=1S/C11H12BrN3O/c1-15-7-9(6-14-15)13-5-8-4-10(16)2-3-11(8)12/h2-4,6-7,13,16H,5H2,1H3. The van der Waals surface area contributed by atoms with Crippen LogP contribution in [0.1, 0.15) is 5.56 Å². The van der Waals surface area contributed by atoms with Gasteiger partial charge in [0, 0.05) is 24.3 Å². The molecule has 0 atom stereocenters. The lowest BCUT2D eigenvalue weighted by atomic mass is 10.2. The Kier molecular flexibility index (Phi) is 3.14. The molecule has 1 aromatic carbocycles. The van der Waals surface area contributed by atoms with E-state index >= 15 is 0 Å². The Morgan fingerprint density at radius 1 is 1.50 bits per heavy atom. The molecule has 0 saturated heterocycles. The molecular weight excluding hydrogens is 270 g/mol. The molecule has 5 heteroatoms. The van der Waals surface area contributed by atoms with E-state index in [0.717, 1.165) is 15.7 Å². The molecule has 0 radical (unpaired) electrons. The molecule has 2 rings (SSSR count). The van der Waals surface area contributed by atoms with Crippen LogP contribution in [0.2, 0.25) is 0 Å². The smallest absolute Gasteiger partial charge is 0.115 e. The quantitative estimate of drug-likeness (QED) is 0.909. The summed E-state index contributed by atoms with van der Waals surface area (Å²) in [4.78, 5) is 0. The molecule has 0 saturated carbocycles. The van der Waals surface area contributed by atoms with E-state index in [1.165, 1.54) is 0 Å². The van der Waals surface area contributed by atoms with Gasteiger partial charge >= 0.3 is 0 Å². The number of phenols is 1. The Balaban J connectivity index is 2.07. The highest BCUT2D eigenvalue weighted by atomic mass is 79.9. The second kappa shape index (κ2) is 4.57. The van der Waals surface area contributed by atoms with Gasteiger partial charge in [0.1, 0.15) is 5.75 Å². The van der Waals surface area contributed by atoms with Gasteiger partial charge in [0.2, 0.25) is 0 Å². The van der Waals surface area contributed by atoms with Gasteiger partial charge in [-0.1, -0.05) is 15.9 Å². The lowest BCUT2D eigenvalue weighted by molar-refractivity contribution is 0.474. The van der Waals surface area contributed by atoms with E-state index in [2.05, 4.69) is 26.3 Å². The van der Waals surface area contributed by atoms with Crippen LogP contribution in [-0.4, -0.2) is 14.9 Å². The number of aromatic hydroxyl groups is 1. The zero-order chi connectivity index (χ0) is 11.5. The van der Waals surface area contributed by atoms with Crippen LogP contribution < -0.4 is 5.32 Å². The number of halogens is 1. The van der Waals surface area contributed by atoms with E-state index in [0.29, 0.717) is 6.54 Å². The van der Waals surface area contributed by atoms with Gasteiger partial charge < -0.3 is 10.4 Å². The largest absolute Gasteiger partial charge is 0.508 e. The summed E-state index contributed by atoms with van der Waals surface area (Å²) in [5.41, 5.74) is 1.96.